The van der Waals surface area contributed by atoms with Crippen molar-refractivity contribution in [3.63, 3.8) is 0 Å². The number of sulfone groups is 1. The van der Waals surface area contributed by atoms with E-state index in [9.17, 15) is 13.2 Å². The number of aromatic nitrogens is 2. The first-order chi connectivity index (χ1) is 11.3. The highest BCUT2D eigenvalue weighted by atomic mass is 32.2. The molecule has 1 heterocycles. The summed E-state index contributed by atoms with van der Waals surface area (Å²) >= 11 is 0. The van der Waals surface area contributed by atoms with Crippen LogP contribution in [-0.2, 0) is 21.7 Å². The smallest absolute Gasteiger partial charge is 0.225 e. The van der Waals surface area contributed by atoms with Gasteiger partial charge in [-0.2, -0.15) is 5.10 Å². The van der Waals surface area contributed by atoms with Gasteiger partial charge in [-0.15, -0.1) is 0 Å². The maximum atomic E-state index is 12.2. The van der Waals surface area contributed by atoms with Gasteiger partial charge in [-0.25, -0.2) is 8.42 Å². The Hall–Kier alpha value is -2.35. The summed E-state index contributed by atoms with van der Waals surface area (Å²) in [6.07, 6.45) is 0.372. The third kappa shape index (κ3) is 4.58. The summed E-state index contributed by atoms with van der Waals surface area (Å²) in [7, 11) is -0.158. The summed E-state index contributed by atoms with van der Waals surface area (Å²) in [5.41, 5.74) is 0.801. The Kier molecular flexibility index (Phi) is 5.61. The highest BCUT2D eigenvalue weighted by molar-refractivity contribution is 7.91. The van der Waals surface area contributed by atoms with Crippen LogP contribution in [0, 0.1) is 6.92 Å². The second kappa shape index (κ2) is 7.48. The Labute approximate surface area is 141 Å². The van der Waals surface area contributed by atoms with Gasteiger partial charge >= 0.3 is 0 Å². The van der Waals surface area contributed by atoms with E-state index in [1.54, 1.807) is 29.9 Å². The Morgan fingerprint density at radius 2 is 1.96 bits per heavy atom. The minimum atomic E-state index is -3.41. The summed E-state index contributed by atoms with van der Waals surface area (Å²) in [6, 6.07) is 7.97. The number of ether oxygens (including phenoxy) is 1. The number of carbonyl (C=O) groups excluding carboxylic acids is 1. The molecule has 8 heteroatoms. The molecule has 0 aliphatic carbocycles. The van der Waals surface area contributed by atoms with Gasteiger partial charge in [0, 0.05) is 19.5 Å². The molecular formula is C16H21N3O4S. The van der Waals surface area contributed by atoms with Crippen molar-refractivity contribution in [2.45, 2.75) is 24.7 Å². The Morgan fingerprint density at radius 3 is 2.50 bits per heavy atom. The van der Waals surface area contributed by atoms with Crippen molar-refractivity contribution in [2.24, 2.45) is 7.05 Å². The van der Waals surface area contributed by atoms with Crippen molar-refractivity contribution >= 4 is 21.6 Å². The van der Waals surface area contributed by atoms with Crippen molar-refractivity contribution in [3.8, 4) is 5.75 Å². The number of nitrogens with zero attached hydrogens (tertiary/aromatic N) is 2. The molecule has 0 saturated heterocycles. The molecule has 1 amide bonds. The predicted molar refractivity (Wildman–Crippen MR) is 90.9 cm³/mol. The Morgan fingerprint density at radius 1 is 1.29 bits per heavy atom. The molecule has 0 spiro atoms. The molecule has 2 rings (SSSR count). The van der Waals surface area contributed by atoms with Crippen LogP contribution in [0.2, 0.25) is 0 Å². The number of rotatable bonds is 7. The molecule has 2 aromatic rings. The SMILES string of the molecule is COc1ccc(S(=O)(=O)CCCC(=O)Nc2cc(C)nn2C)cc1. The number of nitrogens with one attached hydrogen (secondary N) is 1. The topological polar surface area (TPSA) is 90.3 Å². The molecule has 0 aliphatic heterocycles. The fourth-order valence-corrected chi connectivity index (χ4v) is 3.57. The van der Waals surface area contributed by atoms with Gasteiger partial charge in [-0.3, -0.25) is 9.48 Å². The van der Waals surface area contributed by atoms with Gasteiger partial charge in [-0.05, 0) is 37.6 Å². The van der Waals surface area contributed by atoms with E-state index in [0.717, 1.165) is 5.69 Å². The van der Waals surface area contributed by atoms with Crippen molar-refractivity contribution in [1.29, 1.82) is 0 Å². The first kappa shape index (κ1) is 18.0. The third-order valence-electron chi connectivity index (χ3n) is 3.50. The first-order valence-electron chi connectivity index (χ1n) is 7.49. The lowest BCUT2D eigenvalue weighted by molar-refractivity contribution is -0.116. The van der Waals surface area contributed by atoms with E-state index in [-0.39, 0.29) is 29.4 Å². The average Bonchev–Trinajstić information content (AvgIpc) is 2.84. The maximum Gasteiger partial charge on any atom is 0.225 e. The molecule has 7 nitrogen and oxygen atoms in total. The monoisotopic (exact) mass is 351 g/mol. The number of hydrogen-bond donors (Lipinski definition) is 1. The van der Waals surface area contributed by atoms with Gasteiger partial charge in [0.05, 0.1) is 23.5 Å². The van der Waals surface area contributed by atoms with Crippen LogP contribution in [0.15, 0.2) is 35.2 Å². The van der Waals surface area contributed by atoms with Crippen LogP contribution in [0.1, 0.15) is 18.5 Å². The van der Waals surface area contributed by atoms with Crippen LogP contribution in [0.25, 0.3) is 0 Å². The van der Waals surface area contributed by atoms with Crippen molar-refractivity contribution in [1.82, 2.24) is 9.78 Å². The van der Waals surface area contributed by atoms with E-state index in [1.807, 2.05) is 6.92 Å². The number of hydrogen-bond acceptors (Lipinski definition) is 5. The quantitative estimate of drug-likeness (QED) is 0.823. The van der Waals surface area contributed by atoms with E-state index in [1.165, 1.54) is 19.2 Å². The normalized spacial score (nSPS) is 11.3. The molecule has 0 radical (unpaired) electrons. The van der Waals surface area contributed by atoms with Crippen LogP contribution in [0.3, 0.4) is 0 Å². The highest BCUT2D eigenvalue weighted by Crippen LogP contribution is 2.18. The van der Waals surface area contributed by atoms with Crippen LogP contribution in [0.4, 0.5) is 5.82 Å². The molecule has 0 fully saturated rings. The van der Waals surface area contributed by atoms with Gasteiger partial charge in [0.2, 0.25) is 5.91 Å². The minimum absolute atomic E-state index is 0.0861. The molecule has 0 bridgehead atoms. The minimum Gasteiger partial charge on any atom is -0.497 e. The van der Waals surface area contributed by atoms with E-state index >= 15 is 0 Å². The molecule has 0 unspecified atom stereocenters. The second-order valence-corrected chi connectivity index (χ2v) is 7.55. The Balaban J connectivity index is 1.87. The molecular weight excluding hydrogens is 330 g/mol. The second-order valence-electron chi connectivity index (χ2n) is 5.44. The summed E-state index contributed by atoms with van der Waals surface area (Å²) in [5, 5.41) is 6.86. The van der Waals surface area contributed by atoms with Crippen molar-refractivity contribution in [2.75, 3.05) is 18.2 Å². The highest BCUT2D eigenvalue weighted by Gasteiger charge is 2.15. The lowest BCUT2D eigenvalue weighted by atomic mass is 10.3. The number of anilines is 1. The van der Waals surface area contributed by atoms with E-state index in [4.69, 9.17) is 4.74 Å². The number of aryl methyl sites for hydroxylation is 2. The summed E-state index contributed by atoms with van der Waals surface area (Å²) in [4.78, 5) is 12.1. The van der Waals surface area contributed by atoms with Crippen LogP contribution >= 0.6 is 0 Å². The zero-order chi connectivity index (χ0) is 17.7. The van der Waals surface area contributed by atoms with E-state index in [0.29, 0.717) is 11.6 Å². The molecule has 1 aromatic heterocycles. The number of carbonyl (C=O) groups is 1. The fourth-order valence-electron chi connectivity index (χ4n) is 2.26. The Bertz CT molecular complexity index is 810. The zero-order valence-electron chi connectivity index (χ0n) is 13.9. The molecule has 0 aliphatic rings. The molecule has 0 atom stereocenters. The molecule has 1 aromatic carbocycles. The largest absolute Gasteiger partial charge is 0.497 e. The summed E-state index contributed by atoms with van der Waals surface area (Å²) in [5.74, 6) is 0.871. The summed E-state index contributed by atoms with van der Waals surface area (Å²) in [6.45, 7) is 1.83. The van der Waals surface area contributed by atoms with Gasteiger partial charge < -0.3 is 10.1 Å². The fraction of sp³-hybridized carbons (Fsp3) is 0.375. The third-order valence-corrected chi connectivity index (χ3v) is 5.32. The molecule has 0 saturated carbocycles. The van der Waals surface area contributed by atoms with E-state index < -0.39 is 9.84 Å². The summed E-state index contributed by atoms with van der Waals surface area (Å²) < 4.78 is 31.1. The lowest BCUT2D eigenvalue weighted by Gasteiger charge is -2.07. The standard InChI is InChI=1S/C16H21N3O4S/c1-12-11-15(19(2)18-12)17-16(20)5-4-10-24(21,22)14-8-6-13(23-3)7-9-14/h6-9,11H,4-5,10H2,1-3H3,(H,17,20). The predicted octanol–water partition coefficient (Wildman–Crippen LogP) is 1.93. The van der Waals surface area contributed by atoms with Crippen LogP contribution in [0.5, 0.6) is 5.75 Å². The molecule has 1 N–H and O–H groups in total. The van der Waals surface area contributed by atoms with Gasteiger partial charge in [0.1, 0.15) is 11.6 Å². The van der Waals surface area contributed by atoms with Gasteiger partial charge in [0.25, 0.3) is 0 Å². The van der Waals surface area contributed by atoms with Crippen molar-refractivity contribution < 1.29 is 17.9 Å². The zero-order valence-corrected chi connectivity index (χ0v) is 14.8. The van der Waals surface area contributed by atoms with Gasteiger partial charge in [0.15, 0.2) is 9.84 Å². The van der Waals surface area contributed by atoms with Gasteiger partial charge in [-0.1, -0.05) is 0 Å². The number of methoxy groups -OCH3 is 1. The first-order valence-corrected chi connectivity index (χ1v) is 9.14. The average molecular weight is 351 g/mol. The van der Waals surface area contributed by atoms with Crippen molar-refractivity contribution in [3.05, 3.63) is 36.0 Å². The van der Waals surface area contributed by atoms with Crippen LogP contribution < -0.4 is 10.1 Å². The number of amides is 1. The van der Waals surface area contributed by atoms with E-state index in [2.05, 4.69) is 10.4 Å². The van der Waals surface area contributed by atoms with Crippen LogP contribution in [-0.4, -0.2) is 37.0 Å². The maximum absolute atomic E-state index is 12.2. The molecule has 130 valence electrons. The number of benzene rings is 1. The lowest BCUT2D eigenvalue weighted by Crippen LogP contribution is -2.16. The molecule has 24 heavy (non-hydrogen) atoms.